The Kier molecular flexibility index (Phi) is 172. The van der Waals surface area contributed by atoms with E-state index in [1.54, 1.807) is 0 Å². The number of rotatable bonds is 8. The average molecular weight is 820 g/mol. The van der Waals surface area contributed by atoms with E-state index in [1.165, 1.54) is 0 Å². The van der Waals surface area contributed by atoms with Gasteiger partial charge in [0.05, 0.1) is 0 Å². The zero-order valence-electron chi connectivity index (χ0n) is 19.2. The molecule has 0 bridgehead atoms. The molecule has 0 fully saturated rings. The third-order valence-corrected chi connectivity index (χ3v) is 6.00. The standard InChI is InChI=1S/4FH.2K.5Mg.4O5Si2/c;;;;;;;;;;;4*1-6(2)5-7(3)4/h4*1H;;;;;;;;;;;/q;;;;2*+1;5*+2;4*-2/p-4. The fourth-order valence-electron chi connectivity index (χ4n) is 0.272. The van der Waals surface area contributed by atoms with Gasteiger partial charge in [-0.25, -0.2) is 0 Å². The first-order valence-electron chi connectivity index (χ1n) is 4.90. The quantitative estimate of drug-likeness (QED) is 0.162. The molecule has 0 N–H and O–H groups in total. The maximum absolute atomic E-state index is 9.29. The molecule has 0 heterocycles. The summed E-state index contributed by atoms with van der Waals surface area (Å²) in [5, 5.41) is 0. The Morgan fingerprint density at radius 3 is 0.333 bits per heavy atom. The summed E-state index contributed by atoms with van der Waals surface area (Å²) in [5.41, 5.74) is 0. The van der Waals surface area contributed by atoms with Crippen LogP contribution in [0, 0.1) is 0 Å². The van der Waals surface area contributed by atoms with Crippen LogP contribution in [0.15, 0.2) is 0 Å². The Labute approximate surface area is 392 Å². The van der Waals surface area contributed by atoms with Gasteiger partial charge in [-0.1, -0.05) is 0 Å². The summed E-state index contributed by atoms with van der Waals surface area (Å²) in [4.78, 5) is 74.3. The van der Waals surface area contributed by atoms with Crippen LogP contribution in [0.1, 0.15) is 0 Å². The number of hydrogen-bond donors (Lipinski definition) is 0. The Hall–Kier alpha value is 4.56. The van der Waals surface area contributed by atoms with E-state index >= 15 is 0 Å². The first-order valence-corrected chi connectivity index (χ1v) is 14.7. The maximum Gasteiger partial charge on any atom is 2.00 e. The molecule has 0 aromatic carbocycles. The predicted molar refractivity (Wildman–Crippen MR) is 84.6 cm³/mol. The van der Waals surface area contributed by atoms with E-state index in [1.807, 2.05) is 0 Å². The van der Waals surface area contributed by atoms with E-state index in [9.17, 15) is 74.1 Å². The van der Waals surface area contributed by atoms with Crippen molar-refractivity contribution in [2.75, 3.05) is 0 Å². The summed E-state index contributed by atoms with van der Waals surface area (Å²) in [6.07, 6.45) is 0. The molecule has 0 aromatic heterocycles. The molecule has 0 amide bonds. The molecule has 0 atom stereocenters. The summed E-state index contributed by atoms with van der Waals surface area (Å²) in [6, 6.07) is 0. The fraction of sp³-hybridized carbons (Fsp3) is 0. The molecule has 39 heavy (non-hydrogen) atoms. The summed E-state index contributed by atoms with van der Waals surface area (Å²) in [5.74, 6) is 0. The molecule has 0 unspecified atom stereocenters. The second kappa shape index (κ2) is 69.3. The third-order valence-electron chi connectivity index (χ3n) is 0.667. The van der Waals surface area contributed by atoms with Gasteiger partial charge in [-0.3, -0.25) is 0 Å². The van der Waals surface area contributed by atoms with Crippen molar-refractivity contribution in [3.05, 3.63) is 0 Å². The molecule has 0 saturated carbocycles. The van der Waals surface area contributed by atoms with Gasteiger partial charge >= 0.3 is 291 Å². The molecule has 0 radical (unpaired) electrons. The number of halogens is 4. The monoisotopic (exact) mass is 818 g/mol. The topological polar surface area (TPSA) is 358 Å². The molecule has 0 aliphatic carbocycles. The first-order chi connectivity index (χ1) is 12.5. The van der Waals surface area contributed by atoms with E-state index in [4.69, 9.17) is 0 Å². The molecular formula is F4K2Mg5O20Si8. The van der Waals surface area contributed by atoms with Crippen LogP contribution in [0.5, 0.6) is 0 Å². The average Bonchev–Trinajstić information content (AvgIpc) is 2.32. The van der Waals surface area contributed by atoms with Crippen LogP contribution in [-0.4, -0.2) is 189 Å². The van der Waals surface area contributed by atoms with E-state index in [0.717, 1.165) is 0 Å². The fourth-order valence-corrected chi connectivity index (χ4v) is 2.45. The minimum absolute atomic E-state index is 0. The normalized spacial score (nSPS) is 5.33. The molecule has 192 valence electrons. The molecule has 39 heteroatoms. The Morgan fingerprint density at radius 2 is 0.333 bits per heavy atom. The molecule has 0 spiro atoms. The SMILES string of the molecule is O=[Si]([O-])O[Si](=O)[O-].O=[Si]([O-])O[Si](=O)[O-].O=[Si]([O-])O[Si](=O)[O-].O=[Si]([O-])O[Si](=O)[O-].[F-].[F-].[F-].[F-].[K+].[K+].[Mg+2].[Mg+2].[Mg+2].[Mg+2].[Mg+2]. The van der Waals surface area contributed by atoms with Crippen molar-refractivity contribution >= 4 is 189 Å². The second-order valence-corrected chi connectivity index (χ2v) is 9.67. The van der Waals surface area contributed by atoms with Gasteiger partial charge in [-0.2, -0.15) is 0 Å². The van der Waals surface area contributed by atoms with Crippen molar-refractivity contribution in [2.24, 2.45) is 0 Å². The summed E-state index contributed by atoms with van der Waals surface area (Å²) in [6.45, 7) is 0. The van der Waals surface area contributed by atoms with E-state index in [0.29, 0.717) is 0 Å². The largest absolute Gasteiger partial charge is 2.00 e. The minimum atomic E-state index is -3.51. The number of hydrogen-bond acceptors (Lipinski definition) is 20. The van der Waals surface area contributed by atoms with Crippen LogP contribution >= 0.6 is 0 Å². The van der Waals surface area contributed by atoms with Gasteiger partial charge in [0.1, 0.15) is 0 Å². The summed E-state index contributed by atoms with van der Waals surface area (Å²) >= 11 is 0. The molecule has 20 nitrogen and oxygen atoms in total. The van der Waals surface area contributed by atoms with Crippen LogP contribution in [0.4, 0.5) is 0 Å². The van der Waals surface area contributed by atoms with Crippen molar-refractivity contribution in [3.8, 4) is 0 Å². The summed E-state index contributed by atoms with van der Waals surface area (Å²) < 4.78 is 87.2. The molecule has 0 rings (SSSR count). The van der Waals surface area contributed by atoms with Gasteiger partial charge in [-0.15, -0.1) is 0 Å². The van der Waals surface area contributed by atoms with E-state index < -0.39 is 73.4 Å². The van der Waals surface area contributed by atoms with Crippen molar-refractivity contribution < 1.29 is 212 Å². The van der Waals surface area contributed by atoms with Gasteiger partial charge in [0.2, 0.25) is 0 Å². The second-order valence-electron chi connectivity index (χ2n) is 2.41. The van der Waals surface area contributed by atoms with Crippen molar-refractivity contribution in [3.63, 3.8) is 0 Å². The predicted octanol–water partition coefficient (Wildman–Crippen LogP) is -33.7. The summed E-state index contributed by atoms with van der Waals surface area (Å²) in [7, 11) is -28.1. The van der Waals surface area contributed by atoms with E-state index in [2.05, 4.69) is 16.5 Å². The minimum Gasteiger partial charge on any atom is -1.00 e. The molecule has 0 aromatic rings. The third kappa shape index (κ3) is 166. The molecule has 0 saturated heterocycles. The van der Waals surface area contributed by atoms with Gasteiger partial charge in [0.25, 0.3) is 0 Å². The zero-order valence-corrected chi connectivity index (χ0v) is 40.5. The maximum atomic E-state index is 9.29. The molecule has 0 aliphatic heterocycles. The Balaban J connectivity index is -0.0000000138. The Morgan fingerprint density at radius 1 is 0.282 bits per heavy atom. The van der Waals surface area contributed by atoms with Crippen LogP contribution in [0.3, 0.4) is 0 Å². The van der Waals surface area contributed by atoms with Crippen LogP contribution in [0.25, 0.3) is 0 Å². The van der Waals surface area contributed by atoms with Gasteiger partial charge in [-0.05, 0) is 0 Å². The zero-order chi connectivity index (χ0) is 23.4. The van der Waals surface area contributed by atoms with Crippen molar-refractivity contribution in [2.45, 2.75) is 0 Å². The van der Waals surface area contributed by atoms with Gasteiger partial charge in [0, 0.05) is 0 Å². The smallest absolute Gasteiger partial charge is 1.00 e. The van der Waals surface area contributed by atoms with Gasteiger partial charge in [0.15, 0.2) is 0 Å². The Bertz CT molecular complexity index is 483. The van der Waals surface area contributed by atoms with Gasteiger partial charge < -0.3 is 109 Å². The van der Waals surface area contributed by atoms with Crippen molar-refractivity contribution in [1.29, 1.82) is 0 Å². The molecular weight excluding hydrogens is 820 g/mol. The van der Waals surface area contributed by atoms with Crippen LogP contribution < -0.4 is 160 Å². The van der Waals surface area contributed by atoms with Crippen LogP contribution in [-0.2, 0) is 52.2 Å². The van der Waals surface area contributed by atoms with Crippen molar-refractivity contribution in [1.82, 2.24) is 0 Å². The first kappa shape index (κ1) is 96.7. The molecule has 0 aliphatic rings. The van der Waals surface area contributed by atoms with E-state index in [-0.39, 0.29) is 237 Å². The van der Waals surface area contributed by atoms with Crippen LogP contribution in [0.2, 0.25) is 0 Å².